The van der Waals surface area contributed by atoms with Crippen molar-refractivity contribution in [1.29, 1.82) is 0 Å². The maximum Gasteiger partial charge on any atom is 0.237 e. The first-order chi connectivity index (χ1) is 14.3. The van der Waals surface area contributed by atoms with Gasteiger partial charge in [0, 0.05) is 22.9 Å². The van der Waals surface area contributed by atoms with Crippen molar-refractivity contribution in [3.8, 4) is 11.4 Å². The smallest absolute Gasteiger partial charge is 0.237 e. The number of phenols is 1. The highest BCUT2D eigenvalue weighted by Crippen LogP contribution is 2.38. The molecule has 0 spiro atoms. The number of hydrogen-bond acceptors (Lipinski definition) is 2. The predicted molar refractivity (Wildman–Crippen MR) is 117 cm³/mol. The first kappa shape index (κ1) is 16.0. The molecular formula is C26H17N2O+. The number of benzene rings is 5. The highest BCUT2D eigenvalue weighted by Gasteiger charge is 2.25. The summed E-state index contributed by atoms with van der Waals surface area (Å²) in [7, 11) is 0. The highest BCUT2D eigenvalue weighted by atomic mass is 16.3. The Hall–Kier alpha value is -3.98. The van der Waals surface area contributed by atoms with E-state index in [0.717, 1.165) is 49.3 Å². The van der Waals surface area contributed by atoms with Crippen LogP contribution in [0.3, 0.4) is 0 Å². The molecule has 136 valence electrons. The normalized spacial score (nSPS) is 11.6. The van der Waals surface area contributed by atoms with Crippen LogP contribution in [0.4, 0.5) is 0 Å². The molecule has 0 aliphatic carbocycles. The Bertz CT molecular complexity index is 1460. The van der Waals surface area contributed by atoms with Crippen molar-refractivity contribution in [2.75, 3.05) is 0 Å². The third-order valence-electron chi connectivity index (χ3n) is 5.58. The van der Waals surface area contributed by atoms with Gasteiger partial charge in [0.2, 0.25) is 16.7 Å². The lowest BCUT2D eigenvalue weighted by Crippen LogP contribution is -2.34. The molecule has 0 aliphatic rings. The lowest BCUT2D eigenvalue weighted by atomic mass is 9.98. The third-order valence-corrected chi connectivity index (χ3v) is 5.58. The highest BCUT2D eigenvalue weighted by molar-refractivity contribution is 6.11. The summed E-state index contributed by atoms with van der Waals surface area (Å²) in [5.74, 6) is 0.322. The molecule has 3 heteroatoms. The average Bonchev–Trinajstić information content (AvgIpc) is 2.79. The molecule has 0 fully saturated rings. The molecule has 0 atom stereocenters. The summed E-state index contributed by atoms with van der Waals surface area (Å²) in [6.07, 6.45) is 0. The topological polar surface area (TPSA) is 37.0 Å². The lowest BCUT2D eigenvalue weighted by Gasteiger charge is -2.12. The molecule has 0 bridgehead atoms. The summed E-state index contributed by atoms with van der Waals surface area (Å²) < 4.78 is 2.28. The van der Waals surface area contributed by atoms with Gasteiger partial charge in [-0.25, -0.2) is 4.98 Å². The maximum absolute atomic E-state index is 11.0. The quantitative estimate of drug-likeness (QED) is 0.297. The minimum absolute atomic E-state index is 0.322. The van der Waals surface area contributed by atoms with Crippen LogP contribution in [0.15, 0.2) is 97.1 Å². The van der Waals surface area contributed by atoms with E-state index in [1.54, 1.807) is 0 Å². The Morgan fingerprint density at radius 2 is 0.931 bits per heavy atom. The van der Waals surface area contributed by atoms with Gasteiger partial charge in [-0.3, -0.25) is 0 Å². The third kappa shape index (κ3) is 2.25. The lowest BCUT2D eigenvalue weighted by molar-refractivity contribution is -0.534. The van der Waals surface area contributed by atoms with Crippen molar-refractivity contribution in [3.05, 3.63) is 97.1 Å². The Morgan fingerprint density at radius 3 is 1.45 bits per heavy atom. The first-order valence-electron chi connectivity index (χ1n) is 9.65. The zero-order valence-corrected chi connectivity index (χ0v) is 15.6. The van der Waals surface area contributed by atoms with Crippen LogP contribution in [-0.4, -0.2) is 10.1 Å². The summed E-state index contributed by atoms with van der Waals surface area (Å²) in [5.41, 5.74) is 5.00. The van der Waals surface area contributed by atoms with Gasteiger partial charge < -0.3 is 5.11 Å². The van der Waals surface area contributed by atoms with Crippen molar-refractivity contribution in [2.24, 2.45) is 0 Å². The van der Waals surface area contributed by atoms with Gasteiger partial charge in [0.15, 0.2) is 0 Å². The minimum Gasteiger partial charge on any atom is -0.507 e. The molecule has 0 unspecified atom stereocenters. The first-order valence-corrected chi connectivity index (χ1v) is 9.65. The maximum atomic E-state index is 11.0. The van der Waals surface area contributed by atoms with E-state index in [0.29, 0.717) is 5.75 Å². The monoisotopic (exact) mass is 373 g/mol. The molecule has 6 aromatic rings. The number of hydrogen-bond donors (Lipinski definition) is 1. The fraction of sp³-hybridized carbons (Fsp3) is 0. The summed E-state index contributed by atoms with van der Waals surface area (Å²) in [5, 5.41) is 14.7. The molecule has 6 rings (SSSR count). The van der Waals surface area contributed by atoms with Crippen molar-refractivity contribution in [1.82, 2.24) is 4.98 Å². The number of aromatic nitrogens is 2. The number of fused-ring (bicyclic) bond motifs is 4. The van der Waals surface area contributed by atoms with Crippen LogP contribution in [-0.2, 0) is 0 Å². The average molecular weight is 373 g/mol. The van der Waals surface area contributed by atoms with Crippen LogP contribution < -0.4 is 4.57 Å². The molecule has 0 amide bonds. The van der Waals surface area contributed by atoms with Crippen LogP contribution in [0.25, 0.3) is 49.3 Å². The van der Waals surface area contributed by atoms with Gasteiger partial charge in [0.25, 0.3) is 0 Å². The number of aromatic hydroxyl groups is 1. The fourth-order valence-corrected chi connectivity index (χ4v) is 4.32. The second-order valence-electron chi connectivity index (χ2n) is 7.21. The van der Waals surface area contributed by atoms with Gasteiger partial charge in [-0.05, 0) is 24.3 Å². The molecule has 0 aliphatic heterocycles. The van der Waals surface area contributed by atoms with E-state index in [2.05, 4.69) is 28.8 Å². The Morgan fingerprint density at radius 1 is 0.517 bits per heavy atom. The van der Waals surface area contributed by atoms with Crippen LogP contribution in [0, 0.1) is 0 Å². The summed E-state index contributed by atoms with van der Waals surface area (Å²) in [6, 6.07) is 32.5. The van der Waals surface area contributed by atoms with Crippen LogP contribution >= 0.6 is 0 Å². The number of phenolic OH excluding ortho intramolecular Hbond substituents is 1. The van der Waals surface area contributed by atoms with E-state index >= 15 is 0 Å². The van der Waals surface area contributed by atoms with Crippen LogP contribution in [0.1, 0.15) is 0 Å². The molecule has 1 heterocycles. The molecule has 0 saturated carbocycles. The SMILES string of the molecule is Oc1c2ccccc2c(-[n+]2c3ccccc3nc3ccccc32)c2ccccc12. The second-order valence-corrected chi connectivity index (χ2v) is 7.21. The zero-order valence-electron chi connectivity index (χ0n) is 15.6. The van der Waals surface area contributed by atoms with Gasteiger partial charge in [-0.1, -0.05) is 60.7 Å². The molecule has 5 aromatic carbocycles. The Balaban J connectivity index is 1.96. The van der Waals surface area contributed by atoms with Crippen LogP contribution in [0.5, 0.6) is 5.75 Å². The molecule has 1 aromatic heterocycles. The molecule has 0 radical (unpaired) electrons. The zero-order chi connectivity index (χ0) is 19.4. The Kier molecular flexibility index (Phi) is 3.32. The van der Waals surface area contributed by atoms with Crippen LogP contribution in [0.2, 0.25) is 0 Å². The van der Waals surface area contributed by atoms with E-state index in [9.17, 15) is 5.11 Å². The van der Waals surface area contributed by atoms with Crippen molar-refractivity contribution < 1.29 is 9.67 Å². The number of nitrogens with zero attached hydrogens (tertiary/aromatic N) is 2. The van der Waals surface area contributed by atoms with Gasteiger partial charge in [0.1, 0.15) is 16.8 Å². The Labute approximate surface area is 167 Å². The van der Waals surface area contributed by atoms with Crippen molar-refractivity contribution in [3.63, 3.8) is 0 Å². The summed E-state index contributed by atoms with van der Waals surface area (Å²) in [6.45, 7) is 0. The standard InChI is InChI=1S/C26H16N2O/c29-26-19-11-3-1-9-17(19)25(18-10-2-4-12-20(18)26)28-23-15-7-5-13-21(23)27-22-14-6-8-16-24(22)28/h1-16H/p+1. The van der Waals surface area contributed by atoms with Gasteiger partial charge >= 0.3 is 0 Å². The number of rotatable bonds is 1. The molecule has 1 N–H and O–H groups in total. The van der Waals surface area contributed by atoms with Gasteiger partial charge in [0.05, 0.1) is 10.8 Å². The van der Waals surface area contributed by atoms with E-state index < -0.39 is 0 Å². The number of para-hydroxylation sites is 4. The molecular weight excluding hydrogens is 356 g/mol. The largest absolute Gasteiger partial charge is 0.507 e. The minimum atomic E-state index is 0.322. The van der Waals surface area contributed by atoms with Gasteiger partial charge in [-0.2, -0.15) is 0 Å². The fourth-order valence-electron chi connectivity index (χ4n) is 4.32. The summed E-state index contributed by atoms with van der Waals surface area (Å²) >= 11 is 0. The van der Waals surface area contributed by atoms with E-state index in [-0.39, 0.29) is 0 Å². The van der Waals surface area contributed by atoms with Gasteiger partial charge in [-0.15, -0.1) is 4.57 Å². The van der Waals surface area contributed by atoms with Crippen molar-refractivity contribution >= 4 is 43.6 Å². The predicted octanol–water partition coefficient (Wildman–Crippen LogP) is 5.68. The second kappa shape index (κ2) is 6.01. The summed E-state index contributed by atoms with van der Waals surface area (Å²) in [4.78, 5) is 4.87. The molecule has 3 nitrogen and oxygen atoms in total. The van der Waals surface area contributed by atoms with E-state index in [1.165, 1.54) is 0 Å². The van der Waals surface area contributed by atoms with Crippen molar-refractivity contribution in [2.45, 2.75) is 0 Å². The van der Waals surface area contributed by atoms with E-state index in [1.807, 2.05) is 72.8 Å². The molecule has 29 heavy (non-hydrogen) atoms. The van der Waals surface area contributed by atoms with E-state index in [4.69, 9.17) is 4.98 Å². The molecule has 0 saturated heterocycles.